The van der Waals surface area contributed by atoms with E-state index in [2.05, 4.69) is 4.18 Å². The highest BCUT2D eigenvalue weighted by molar-refractivity contribution is 7.86. The topological polar surface area (TPSA) is 43.4 Å². The number of rotatable bonds is 4. The Labute approximate surface area is 104 Å². The van der Waals surface area contributed by atoms with Crippen molar-refractivity contribution in [3.8, 4) is 0 Å². The van der Waals surface area contributed by atoms with Crippen molar-refractivity contribution < 1.29 is 25.8 Å². The molecule has 1 rings (SSSR count). The fraction of sp³-hybridized carbons (Fsp3) is 0.636. The van der Waals surface area contributed by atoms with Gasteiger partial charge in [-0.3, -0.25) is 4.18 Å². The molecule has 0 amide bonds. The highest BCUT2D eigenvalue weighted by Crippen LogP contribution is 2.39. The summed E-state index contributed by atoms with van der Waals surface area (Å²) in [6, 6.07) is 0. The quantitative estimate of drug-likeness (QED) is 0.746. The molecule has 1 aliphatic carbocycles. The summed E-state index contributed by atoms with van der Waals surface area (Å²) in [6.07, 6.45) is 0.368. The Morgan fingerprint density at radius 1 is 1.39 bits per heavy atom. The second-order valence-corrected chi connectivity index (χ2v) is 6.21. The lowest BCUT2D eigenvalue weighted by molar-refractivity contribution is -0.159. The molecule has 0 saturated heterocycles. The highest BCUT2D eigenvalue weighted by atomic mass is 32.2. The van der Waals surface area contributed by atoms with Crippen LogP contribution in [0.5, 0.6) is 0 Å². The van der Waals surface area contributed by atoms with Gasteiger partial charge in [0.25, 0.3) is 10.1 Å². The zero-order valence-corrected chi connectivity index (χ0v) is 10.9. The van der Waals surface area contributed by atoms with Gasteiger partial charge in [-0.25, -0.2) is 0 Å². The third kappa shape index (κ3) is 4.81. The molecule has 0 aromatic carbocycles. The van der Waals surface area contributed by atoms with E-state index in [1.54, 1.807) is 31.2 Å². The van der Waals surface area contributed by atoms with E-state index in [9.17, 15) is 21.6 Å². The average Bonchev–Trinajstić information content (AvgIpc) is 2.13. The van der Waals surface area contributed by atoms with E-state index < -0.39 is 34.2 Å². The second-order valence-electron chi connectivity index (χ2n) is 4.61. The first-order chi connectivity index (χ1) is 8.02. The van der Waals surface area contributed by atoms with Crippen molar-refractivity contribution in [2.75, 3.05) is 6.26 Å². The molecule has 0 radical (unpaired) electrons. The van der Waals surface area contributed by atoms with Crippen LogP contribution in [0, 0.1) is 5.41 Å². The zero-order valence-electron chi connectivity index (χ0n) is 10.1. The van der Waals surface area contributed by atoms with Crippen LogP contribution in [0.3, 0.4) is 0 Å². The van der Waals surface area contributed by atoms with Crippen LogP contribution in [0.4, 0.5) is 13.2 Å². The lowest BCUT2D eigenvalue weighted by Gasteiger charge is -2.35. The molecule has 0 aromatic heterocycles. The van der Waals surface area contributed by atoms with Crippen molar-refractivity contribution in [2.45, 2.75) is 32.0 Å². The molecule has 0 heterocycles. The Bertz CT molecular complexity index is 451. The largest absolute Gasteiger partial charge is 0.391 e. The van der Waals surface area contributed by atoms with Crippen molar-refractivity contribution in [3.63, 3.8) is 0 Å². The van der Waals surface area contributed by atoms with Crippen LogP contribution in [0.25, 0.3) is 0 Å². The first-order valence-electron chi connectivity index (χ1n) is 5.31. The molecular weight excluding hydrogens is 269 g/mol. The SMILES string of the molecule is CC1(C(CC(F)(F)F)OS(C)(=O)=O)C=CC=CC1. The van der Waals surface area contributed by atoms with E-state index in [1.807, 2.05) is 0 Å². The highest BCUT2D eigenvalue weighted by Gasteiger charge is 2.43. The summed E-state index contributed by atoms with van der Waals surface area (Å²) in [5.74, 6) is 0. The molecular formula is C11H15F3O3S. The first-order valence-corrected chi connectivity index (χ1v) is 7.13. The van der Waals surface area contributed by atoms with Crippen LogP contribution >= 0.6 is 0 Å². The Morgan fingerprint density at radius 2 is 2.00 bits per heavy atom. The van der Waals surface area contributed by atoms with Gasteiger partial charge in [-0.05, 0) is 6.42 Å². The number of halogens is 3. The van der Waals surface area contributed by atoms with Crippen molar-refractivity contribution in [1.29, 1.82) is 0 Å². The van der Waals surface area contributed by atoms with Gasteiger partial charge in [0.2, 0.25) is 0 Å². The molecule has 3 nitrogen and oxygen atoms in total. The molecule has 0 aromatic rings. The van der Waals surface area contributed by atoms with Crippen LogP contribution < -0.4 is 0 Å². The molecule has 18 heavy (non-hydrogen) atoms. The van der Waals surface area contributed by atoms with Crippen molar-refractivity contribution in [3.05, 3.63) is 24.3 Å². The number of hydrogen-bond acceptors (Lipinski definition) is 3. The zero-order chi connectivity index (χ0) is 14.0. The van der Waals surface area contributed by atoms with E-state index >= 15 is 0 Å². The van der Waals surface area contributed by atoms with Gasteiger partial charge >= 0.3 is 6.18 Å². The van der Waals surface area contributed by atoms with Crippen molar-refractivity contribution in [1.82, 2.24) is 0 Å². The predicted molar refractivity (Wildman–Crippen MR) is 61.4 cm³/mol. The molecule has 0 fully saturated rings. The Hall–Kier alpha value is -0.820. The van der Waals surface area contributed by atoms with Gasteiger partial charge < -0.3 is 0 Å². The van der Waals surface area contributed by atoms with Crippen LogP contribution in [0.1, 0.15) is 19.8 Å². The molecule has 0 saturated carbocycles. The summed E-state index contributed by atoms with van der Waals surface area (Å²) in [5.41, 5.74) is -0.979. The molecule has 0 spiro atoms. The summed E-state index contributed by atoms with van der Waals surface area (Å²) in [4.78, 5) is 0. The summed E-state index contributed by atoms with van der Waals surface area (Å²) in [7, 11) is -3.94. The lowest BCUT2D eigenvalue weighted by Crippen LogP contribution is -2.38. The molecule has 0 bridgehead atoms. The van der Waals surface area contributed by atoms with E-state index in [1.165, 1.54) is 0 Å². The van der Waals surface area contributed by atoms with E-state index in [4.69, 9.17) is 0 Å². The van der Waals surface area contributed by atoms with Gasteiger partial charge in [0.15, 0.2) is 0 Å². The van der Waals surface area contributed by atoms with Gasteiger partial charge in [-0.2, -0.15) is 21.6 Å². The van der Waals surface area contributed by atoms with Crippen LogP contribution in [0.2, 0.25) is 0 Å². The third-order valence-corrected chi connectivity index (χ3v) is 3.31. The maximum atomic E-state index is 12.5. The maximum Gasteiger partial charge on any atom is 0.391 e. The predicted octanol–water partition coefficient (Wildman–Crippen LogP) is 2.81. The maximum absolute atomic E-state index is 12.5. The van der Waals surface area contributed by atoms with Gasteiger partial charge in [-0.1, -0.05) is 31.2 Å². The Morgan fingerprint density at radius 3 is 2.39 bits per heavy atom. The van der Waals surface area contributed by atoms with Gasteiger partial charge in [0.1, 0.15) is 0 Å². The summed E-state index contributed by atoms with van der Waals surface area (Å²) in [5, 5.41) is 0. The van der Waals surface area contributed by atoms with Gasteiger partial charge in [-0.15, -0.1) is 0 Å². The van der Waals surface area contributed by atoms with Gasteiger partial charge in [0.05, 0.1) is 18.8 Å². The molecule has 7 heteroatoms. The monoisotopic (exact) mass is 284 g/mol. The van der Waals surface area contributed by atoms with E-state index in [0.29, 0.717) is 6.42 Å². The smallest absolute Gasteiger partial charge is 0.266 e. The first kappa shape index (κ1) is 15.2. The molecule has 2 atom stereocenters. The molecule has 1 aliphatic rings. The lowest BCUT2D eigenvalue weighted by atomic mass is 9.77. The average molecular weight is 284 g/mol. The summed E-state index contributed by atoms with van der Waals surface area (Å²) < 4.78 is 64.3. The fourth-order valence-corrected chi connectivity index (χ4v) is 2.49. The Balaban J connectivity index is 2.97. The normalized spacial score (nSPS) is 26.3. The minimum Gasteiger partial charge on any atom is -0.266 e. The van der Waals surface area contributed by atoms with Crippen molar-refractivity contribution >= 4 is 10.1 Å². The third-order valence-electron chi connectivity index (χ3n) is 2.73. The van der Waals surface area contributed by atoms with E-state index in [-0.39, 0.29) is 0 Å². The number of hydrogen-bond donors (Lipinski definition) is 0. The van der Waals surface area contributed by atoms with Crippen LogP contribution in [-0.2, 0) is 14.3 Å². The fourth-order valence-electron chi connectivity index (χ4n) is 1.78. The molecule has 2 unspecified atom stereocenters. The van der Waals surface area contributed by atoms with Crippen molar-refractivity contribution in [2.24, 2.45) is 5.41 Å². The van der Waals surface area contributed by atoms with E-state index in [0.717, 1.165) is 6.26 Å². The summed E-state index contributed by atoms with van der Waals surface area (Å²) >= 11 is 0. The minimum absolute atomic E-state index is 0.305. The van der Waals surface area contributed by atoms with Crippen LogP contribution in [0.15, 0.2) is 24.3 Å². The Kier molecular flexibility index (Phi) is 4.27. The molecule has 0 aliphatic heterocycles. The number of alkyl halides is 3. The standard InChI is InChI=1S/C11H15F3O3S/c1-10(6-4-3-5-7-10)9(8-11(12,13)14)17-18(2,15)16/h3-6,9H,7-8H2,1-2H3. The number of allylic oxidation sites excluding steroid dienone is 3. The van der Waals surface area contributed by atoms with Gasteiger partial charge in [0, 0.05) is 5.41 Å². The minimum atomic E-state index is -4.48. The van der Waals surface area contributed by atoms with Crippen LogP contribution in [-0.4, -0.2) is 27.0 Å². The molecule has 0 N–H and O–H groups in total. The summed E-state index contributed by atoms with van der Waals surface area (Å²) in [6.45, 7) is 1.55. The second kappa shape index (κ2) is 5.05. The molecule has 104 valence electrons.